The predicted molar refractivity (Wildman–Crippen MR) is 84.4 cm³/mol. The molecule has 0 saturated carbocycles. The lowest BCUT2D eigenvalue weighted by atomic mass is 10.2. The minimum Gasteiger partial charge on any atom is -0.490 e. The smallest absolute Gasteiger partial charge is 0.338 e. The van der Waals surface area contributed by atoms with Crippen molar-refractivity contribution >= 4 is 17.6 Å². The lowest BCUT2D eigenvalue weighted by molar-refractivity contribution is 0.0129. The Morgan fingerprint density at radius 3 is 2.50 bits per heavy atom. The van der Waals surface area contributed by atoms with Crippen LogP contribution in [0.15, 0.2) is 48.5 Å². The first-order valence-electron chi connectivity index (χ1n) is 6.85. The van der Waals surface area contributed by atoms with E-state index < -0.39 is 12.1 Å². The van der Waals surface area contributed by atoms with Gasteiger partial charge in [-0.15, -0.1) is 0 Å². The average molecular weight is 321 g/mol. The zero-order chi connectivity index (χ0) is 15.9. The van der Waals surface area contributed by atoms with E-state index in [4.69, 9.17) is 21.1 Å². The first-order chi connectivity index (χ1) is 10.6. The van der Waals surface area contributed by atoms with Crippen molar-refractivity contribution in [1.29, 1.82) is 0 Å². The minimum atomic E-state index is -0.893. The lowest BCUT2D eigenvalue weighted by Gasteiger charge is -2.14. The summed E-state index contributed by atoms with van der Waals surface area (Å²) in [6, 6.07) is 13.9. The molecule has 116 valence electrons. The normalized spacial score (nSPS) is 11.8. The number of hydrogen-bond acceptors (Lipinski definition) is 4. The highest BCUT2D eigenvalue weighted by atomic mass is 35.5. The third-order valence-electron chi connectivity index (χ3n) is 3.01. The first kappa shape index (κ1) is 16.3. The van der Waals surface area contributed by atoms with Crippen LogP contribution in [0.1, 0.15) is 15.9 Å². The molecule has 0 heterocycles. The third-order valence-corrected chi connectivity index (χ3v) is 3.26. The number of para-hydroxylation sites is 1. The van der Waals surface area contributed by atoms with Gasteiger partial charge in [-0.3, -0.25) is 0 Å². The van der Waals surface area contributed by atoms with E-state index in [-0.39, 0.29) is 13.2 Å². The van der Waals surface area contributed by atoms with Gasteiger partial charge in [0.2, 0.25) is 0 Å². The second-order valence-electron chi connectivity index (χ2n) is 4.84. The number of rotatable bonds is 6. The molecule has 0 aliphatic carbocycles. The summed E-state index contributed by atoms with van der Waals surface area (Å²) in [7, 11) is 0. The summed E-state index contributed by atoms with van der Waals surface area (Å²) in [6.45, 7) is 1.84. The van der Waals surface area contributed by atoms with Gasteiger partial charge in [-0.1, -0.05) is 29.8 Å². The van der Waals surface area contributed by atoms with Crippen LogP contribution in [0, 0.1) is 6.92 Å². The highest BCUT2D eigenvalue weighted by Crippen LogP contribution is 2.16. The van der Waals surface area contributed by atoms with Gasteiger partial charge in [-0.05, 0) is 42.8 Å². The number of esters is 1. The van der Waals surface area contributed by atoms with E-state index in [1.807, 2.05) is 31.2 Å². The second kappa shape index (κ2) is 7.82. The SMILES string of the molecule is Cc1ccccc1OC[C@H](O)COC(=O)c1ccc(Cl)cc1. The summed E-state index contributed by atoms with van der Waals surface area (Å²) < 4.78 is 10.5. The fourth-order valence-corrected chi connectivity index (χ4v) is 1.92. The molecule has 0 aliphatic heterocycles. The largest absolute Gasteiger partial charge is 0.490 e. The van der Waals surface area contributed by atoms with Gasteiger partial charge in [0.05, 0.1) is 5.56 Å². The molecule has 0 spiro atoms. The van der Waals surface area contributed by atoms with Gasteiger partial charge in [0.1, 0.15) is 25.1 Å². The molecule has 1 atom stereocenters. The molecule has 0 unspecified atom stereocenters. The van der Waals surface area contributed by atoms with Gasteiger partial charge >= 0.3 is 5.97 Å². The van der Waals surface area contributed by atoms with E-state index in [9.17, 15) is 9.90 Å². The van der Waals surface area contributed by atoms with Crippen LogP contribution in [0.5, 0.6) is 5.75 Å². The summed E-state index contributed by atoms with van der Waals surface area (Å²) in [5, 5.41) is 10.4. The Bertz CT molecular complexity index is 625. The number of aliphatic hydroxyl groups excluding tert-OH is 1. The quantitative estimate of drug-likeness (QED) is 0.830. The zero-order valence-corrected chi connectivity index (χ0v) is 12.9. The van der Waals surface area contributed by atoms with Crippen LogP contribution in [-0.4, -0.2) is 30.4 Å². The number of aryl methyl sites for hydroxylation is 1. The molecule has 0 aromatic heterocycles. The maximum Gasteiger partial charge on any atom is 0.338 e. The van der Waals surface area contributed by atoms with Gasteiger partial charge < -0.3 is 14.6 Å². The Morgan fingerprint density at radius 2 is 1.82 bits per heavy atom. The molecule has 0 bridgehead atoms. The maximum absolute atomic E-state index is 11.8. The topological polar surface area (TPSA) is 55.8 Å². The van der Waals surface area contributed by atoms with Gasteiger partial charge in [0.15, 0.2) is 0 Å². The van der Waals surface area contributed by atoms with Crippen molar-refractivity contribution in [3.05, 3.63) is 64.7 Å². The van der Waals surface area contributed by atoms with E-state index in [0.29, 0.717) is 16.3 Å². The Balaban J connectivity index is 1.78. The molecule has 22 heavy (non-hydrogen) atoms. The van der Waals surface area contributed by atoms with E-state index in [2.05, 4.69) is 0 Å². The van der Waals surface area contributed by atoms with Gasteiger partial charge in [-0.2, -0.15) is 0 Å². The highest BCUT2D eigenvalue weighted by Gasteiger charge is 2.12. The van der Waals surface area contributed by atoms with Crippen LogP contribution in [0.25, 0.3) is 0 Å². The van der Waals surface area contributed by atoms with E-state index in [1.165, 1.54) is 0 Å². The van der Waals surface area contributed by atoms with E-state index >= 15 is 0 Å². The highest BCUT2D eigenvalue weighted by molar-refractivity contribution is 6.30. The zero-order valence-electron chi connectivity index (χ0n) is 12.2. The standard InChI is InChI=1S/C17H17ClO4/c1-12-4-2-3-5-16(12)21-10-15(19)11-22-17(20)13-6-8-14(18)9-7-13/h2-9,15,19H,10-11H2,1H3/t15-/m0/s1. The summed E-state index contributed by atoms with van der Waals surface area (Å²) >= 11 is 5.75. The van der Waals surface area contributed by atoms with Gasteiger partial charge in [0.25, 0.3) is 0 Å². The monoisotopic (exact) mass is 320 g/mol. The number of hydrogen-bond donors (Lipinski definition) is 1. The molecule has 0 saturated heterocycles. The lowest BCUT2D eigenvalue weighted by Crippen LogP contribution is -2.25. The van der Waals surface area contributed by atoms with Crippen LogP contribution in [0.3, 0.4) is 0 Å². The minimum absolute atomic E-state index is 0.0543. The van der Waals surface area contributed by atoms with Gasteiger partial charge in [-0.25, -0.2) is 4.79 Å². The molecule has 4 nitrogen and oxygen atoms in total. The van der Waals surface area contributed by atoms with Crippen molar-refractivity contribution in [3.63, 3.8) is 0 Å². The number of carbonyl (C=O) groups is 1. The molecular weight excluding hydrogens is 304 g/mol. The number of benzene rings is 2. The predicted octanol–water partition coefficient (Wildman–Crippen LogP) is 3.25. The average Bonchev–Trinajstić information content (AvgIpc) is 2.52. The van der Waals surface area contributed by atoms with Crippen molar-refractivity contribution in [1.82, 2.24) is 0 Å². The van der Waals surface area contributed by atoms with E-state index in [1.54, 1.807) is 24.3 Å². The van der Waals surface area contributed by atoms with Crippen molar-refractivity contribution < 1.29 is 19.4 Å². The fraction of sp³-hybridized carbons (Fsp3) is 0.235. The Kier molecular flexibility index (Phi) is 5.81. The molecule has 0 fully saturated rings. The number of carbonyl (C=O) groups excluding carboxylic acids is 1. The Morgan fingerprint density at radius 1 is 1.14 bits per heavy atom. The first-order valence-corrected chi connectivity index (χ1v) is 7.23. The molecular formula is C17H17ClO4. The second-order valence-corrected chi connectivity index (χ2v) is 5.27. The molecule has 0 amide bonds. The van der Waals surface area contributed by atoms with Crippen molar-refractivity contribution in [2.24, 2.45) is 0 Å². The van der Waals surface area contributed by atoms with Crippen molar-refractivity contribution in [3.8, 4) is 5.75 Å². The molecule has 1 N–H and O–H groups in total. The van der Waals surface area contributed by atoms with E-state index in [0.717, 1.165) is 5.56 Å². The maximum atomic E-state index is 11.8. The molecule has 5 heteroatoms. The van der Waals surface area contributed by atoms with Crippen LogP contribution >= 0.6 is 11.6 Å². The molecule has 0 aliphatic rings. The van der Waals surface area contributed by atoms with Crippen LogP contribution in [0.2, 0.25) is 5.02 Å². The molecule has 0 radical (unpaired) electrons. The molecule has 2 aromatic carbocycles. The summed E-state index contributed by atoms with van der Waals surface area (Å²) in [5.41, 5.74) is 1.37. The number of aliphatic hydroxyl groups is 1. The number of halogens is 1. The van der Waals surface area contributed by atoms with Gasteiger partial charge in [0, 0.05) is 5.02 Å². The third kappa shape index (κ3) is 4.76. The summed E-state index contributed by atoms with van der Waals surface area (Å²) in [5.74, 6) is 0.192. The van der Waals surface area contributed by atoms with Crippen LogP contribution in [0.4, 0.5) is 0 Å². The summed E-state index contributed by atoms with van der Waals surface area (Å²) in [4.78, 5) is 11.8. The van der Waals surface area contributed by atoms with Crippen molar-refractivity contribution in [2.45, 2.75) is 13.0 Å². The molecule has 2 aromatic rings. The number of ether oxygens (including phenoxy) is 2. The fourth-order valence-electron chi connectivity index (χ4n) is 1.79. The summed E-state index contributed by atoms with van der Waals surface area (Å²) in [6.07, 6.45) is -0.893. The Hall–Kier alpha value is -2.04. The van der Waals surface area contributed by atoms with Crippen LogP contribution in [-0.2, 0) is 4.74 Å². The van der Waals surface area contributed by atoms with Crippen molar-refractivity contribution in [2.75, 3.05) is 13.2 Å². The Labute approximate surface area is 134 Å². The van der Waals surface area contributed by atoms with Crippen LogP contribution < -0.4 is 4.74 Å². The molecule has 2 rings (SSSR count).